The van der Waals surface area contributed by atoms with Crippen LogP contribution < -0.4 is 10.6 Å². The lowest BCUT2D eigenvalue weighted by Gasteiger charge is -2.33. The van der Waals surface area contributed by atoms with Crippen LogP contribution in [0.25, 0.3) is 0 Å². The quantitative estimate of drug-likeness (QED) is 0.840. The Labute approximate surface area is 139 Å². The van der Waals surface area contributed by atoms with E-state index < -0.39 is 6.04 Å². The van der Waals surface area contributed by atoms with Gasteiger partial charge in [-0.3, -0.25) is 19.3 Å². The number of piperidine rings is 1. The second-order valence-corrected chi connectivity index (χ2v) is 6.42. The van der Waals surface area contributed by atoms with Crippen molar-refractivity contribution in [3.63, 3.8) is 0 Å². The summed E-state index contributed by atoms with van der Waals surface area (Å²) in [6, 6.07) is 6.25. The Morgan fingerprint density at radius 3 is 2.52 bits per heavy atom. The third kappa shape index (κ3) is 3.09. The van der Waals surface area contributed by atoms with E-state index >= 15 is 0 Å². The molecule has 2 aliphatic rings. The Morgan fingerprint density at radius 2 is 1.91 bits per heavy atom. The molecule has 122 valence electrons. The van der Waals surface area contributed by atoms with Crippen molar-refractivity contribution < 1.29 is 14.4 Å². The molecule has 0 saturated carbocycles. The van der Waals surface area contributed by atoms with Crippen LogP contribution in [0.4, 0.5) is 5.69 Å². The fourth-order valence-electron chi connectivity index (χ4n) is 3.28. The van der Waals surface area contributed by atoms with Crippen LogP contribution in [0, 0.1) is 5.92 Å². The Bertz CT molecular complexity index is 656. The molecule has 2 fully saturated rings. The Morgan fingerprint density at radius 1 is 1.22 bits per heavy atom. The minimum atomic E-state index is -0.463. The zero-order valence-corrected chi connectivity index (χ0v) is 13.3. The third-order valence-electron chi connectivity index (χ3n) is 4.56. The number of nitrogens with zero attached hydrogens (tertiary/aromatic N) is 2. The highest BCUT2D eigenvalue weighted by molar-refractivity contribution is 6.31. The maximum Gasteiger partial charge on any atom is 0.251 e. The van der Waals surface area contributed by atoms with E-state index in [9.17, 15) is 14.4 Å². The van der Waals surface area contributed by atoms with Crippen LogP contribution in [0.15, 0.2) is 24.3 Å². The van der Waals surface area contributed by atoms with Gasteiger partial charge in [0.1, 0.15) is 0 Å². The third-order valence-corrected chi connectivity index (χ3v) is 4.80. The highest BCUT2D eigenvalue weighted by Crippen LogP contribution is 2.29. The van der Waals surface area contributed by atoms with Crippen LogP contribution in [-0.4, -0.2) is 41.8 Å². The first kappa shape index (κ1) is 16.0. The van der Waals surface area contributed by atoms with Crippen LogP contribution in [0.2, 0.25) is 5.02 Å². The van der Waals surface area contributed by atoms with Gasteiger partial charge in [0.15, 0.2) is 0 Å². The van der Waals surface area contributed by atoms with Gasteiger partial charge in [0, 0.05) is 10.9 Å². The fraction of sp³-hybridized carbons (Fsp3) is 0.438. The molecular weight excluding hydrogens is 318 g/mol. The smallest absolute Gasteiger partial charge is 0.251 e. The van der Waals surface area contributed by atoms with Gasteiger partial charge in [0.2, 0.25) is 11.8 Å². The number of benzene rings is 1. The van der Waals surface area contributed by atoms with E-state index in [0.717, 1.165) is 0 Å². The van der Waals surface area contributed by atoms with Gasteiger partial charge in [0.25, 0.3) is 5.91 Å². The summed E-state index contributed by atoms with van der Waals surface area (Å²) in [7, 11) is 0. The molecule has 0 aromatic heterocycles. The van der Waals surface area contributed by atoms with E-state index in [1.165, 1.54) is 4.90 Å². The molecule has 2 aliphatic heterocycles. The van der Waals surface area contributed by atoms with E-state index in [1.54, 1.807) is 24.3 Å². The Kier molecular flexibility index (Phi) is 4.37. The number of rotatable bonds is 3. The van der Waals surface area contributed by atoms with Crippen molar-refractivity contribution in [2.45, 2.75) is 25.3 Å². The number of primary amides is 1. The molecular formula is C16H18ClN3O3. The molecule has 1 aromatic carbocycles. The standard InChI is InChI=1S/C16H18ClN3O3/c17-11-2-1-3-12(8-11)20-14(21)9-13(16(20)23)19-6-4-10(5-7-19)15(18)22/h1-3,8,10,13H,4-7,9H2,(H2,18,22)/t13-/m0/s1. The number of carbonyl (C=O) groups excluding carboxylic acids is 3. The minimum absolute atomic E-state index is 0.137. The largest absolute Gasteiger partial charge is 0.369 e. The maximum atomic E-state index is 12.7. The molecule has 3 amide bonds. The topological polar surface area (TPSA) is 83.7 Å². The molecule has 2 heterocycles. The van der Waals surface area contributed by atoms with Gasteiger partial charge in [-0.1, -0.05) is 17.7 Å². The Balaban J connectivity index is 1.73. The number of hydrogen-bond acceptors (Lipinski definition) is 4. The molecule has 2 saturated heterocycles. The summed E-state index contributed by atoms with van der Waals surface area (Å²) < 4.78 is 0. The molecule has 7 heteroatoms. The predicted octanol–water partition coefficient (Wildman–Crippen LogP) is 1.17. The van der Waals surface area contributed by atoms with Crippen molar-refractivity contribution in [2.24, 2.45) is 11.7 Å². The van der Waals surface area contributed by atoms with Crippen LogP contribution >= 0.6 is 11.6 Å². The first-order chi connectivity index (χ1) is 11.0. The SMILES string of the molecule is NC(=O)C1CCN([C@H]2CC(=O)N(c3cccc(Cl)c3)C2=O)CC1. The first-order valence-corrected chi connectivity index (χ1v) is 8.01. The zero-order chi connectivity index (χ0) is 16.6. The lowest BCUT2D eigenvalue weighted by atomic mass is 9.95. The van der Waals surface area contributed by atoms with E-state index in [0.29, 0.717) is 36.6 Å². The van der Waals surface area contributed by atoms with E-state index in [1.807, 2.05) is 4.90 Å². The van der Waals surface area contributed by atoms with Gasteiger partial charge in [-0.05, 0) is 44.1 Å². The zero-order valence-electron chi connectivity index (χ0n) is 12.6. The molecule has 0 bridgehead atoms. The average molecular weight is 336 g/mol. The number of nitrogens with two attached hydrogens (primary N) is 1. The maximum absolute atomic E-state index is 12.7. The number of hydrogen-bond donors (Lipinski definition) is 1. The summed E-state index contributed by atoms with van der Waals surface area (Å²) in [5.41, 5.74) is 5.83. The first-order valence-electron chi connectivity index (χ1n) is 7.63. The van der Waals surface area contributed by atoms with Gasteiger partial charge in [0.05, 0.1) is 18.2 Å². The van der Waals surface area contributed by atoms with E-state index in [4.69, 9.17) is 17.3 Å². The second kappa shape index (κ2) is 6.29. The number of anilines is 1. The molecule has 0 spiro atoms. The highest BCUT2D eigenvalue weighted by atomic mass is 35.5. The van der Waals surface area contributed by atoms with Gasteiger partial charge in [-0.25, -0.2) is 4.90 Å². The number of carbonyl (C=O) groups is 3. The van der Waals surface area contributed by atoms with Crippen LogP contribution in [0.3, 0.4) is 0 Å². The van der Waals surface area contributed by atoms with Gasteiger partial charge >= 0.3 is 0 Å². The monoisotopic (exact) mass is 335 g/mol. The minimum Gasteiger partial charge on any atom is -0.369 e. The average Bonchev–Trinajstić information content (AvgIpc) is 2.82. The van der Waals surface area contributed by atoms with Gasteiger partial charge in [-0.2, -0.15) is 0 Å². The molecule has 1 aromatic rings. The number of amides is 3. The molecule has 3 rings (SSSR count). The molecule has 23 heavy (non-hydrogen) atoms. The van der Waals surface area contributed by atoms with E-state index in [2.05, 4.69) is 0 Å². The lowest BCUT2D eigenvalue weighted by molar-refractivity contribution is -0.124. The van der Waals surface area contributed by atoms with Crippen molar-refractivity contribution in [1.82, 2.24) is 4.90 Å². The van der Waals surface area contributed by atoms with Crippen molar-refractivity contribution in [2.75, 3.05) is 18.0 Å². The summed E-state index contributed by atoms with van der Waals surface area (Å²) in [6.07, 6.45) is 1.42. The van der Waals surface area contributed by atoms with E-state index in [-0.39, 0.29) is 30.1 Å². The van der Waals surface area contributed by atoms with Crippen LogP contribution in [0.5, 0.6) is 0 Å². The molecule has 6 nitrogen and oxygen atoms in total. The van der Waals surface area contributed by atoms with Crippen molar-refractivity contribution in [3.8, 4) is 0 Å². The van der Waals surface area contributed by atoms with Crippen LogP contribution in [-0.2, 0) is 14.4 Å². The summed E-state index contributed by atoms with van der Waals surface area (Å²) in [6.45, 7) is 1.20. The predicted molar refractivity (Wildman–Crippen MR) is 85.8 cm³/mol. The van der Waals surface area contributed by atoms with Gasteiger partial charge < -0.3 is 5.73 Å². The normalized spacial score (nSPS) is 23.5. The molecule has 0 unspecified atom stereocenters. The van der Waals surface area contributed by atoms with Crippen molar-refractivity contribution >= 4 is 35.0 Å². The summed E-state index contributed by atoms with van der Waals surface area (Å²) in [4.78, 5) is 39.4. The molecule has 0 aliphatic carbocycles. The number of halogens is 1. The van der Waals surface area contributed by atoms with Gasteiger partial charge in [-0.15, -0.1) is 0 Å². The number of likely N-dealkylation sites (tertiary alicyclic amines) is 1. The van der Waals surface area contributed by atoms with Crippen LogP contribution in [0.1, 0.15) is 19.3 Å². The lowest BCUT2D eigenvalue weighted by Crippen LogP contribution is -2.47. The van der Waals surface area contributed by atoms with Crippen molar-refractivity contribution in [3.05, 3.63) is 29.3 Å². The highest BCUT2D eigenvalue weighted by Gasteiger charge is 2.43. The fourth-order valence-corrected chi connectivity index (χ4v) is 3.47. The van der Waals surface area contributed by atoms with Crippen molar-refractivity contribution in [1.29, 1.82) is 0 Å². The molecule has 1 atom stereocenters. The summed E-state index contributed by atoms with van der Waals surface area (Å²) in [5, 5.41) is 0.480. The Hall–Kier alpha value is -1.92. The number of imide groups is 1. The molecule has 0 radical (unpaired) electrons. The summed E-state index contributed by atoms with van der Waals surface area (Å²) in [5.74, 6) is -0.879. The molecule has 2 N–H and O–H groups in total. The summed E-state index contributed by atoms with van der Waals surface area (Å²) >= 11 is 5.95. The second-order valence-electron chi connectivity index (χ2n) is 5.98.